The molecule has 8 nitrogen and oxygen atoms in total. The van der Waals surface area contributed by atoms with Gasteiger partial charge in [-0.2, -0.15) is 0 Å². The number of ether oxygens (including phenoxy) is 3. The second-order valence-corrected chi connectivity index (χ2v) is 8.00. The van der Waals surface area contributed by atoms with Crippen molar-refractivity contribution in [1.82, 2.24) is 14.8 Å². The van der Waals surface area contributed by atoms with Gasteiger partial charge in [-0.25, -0.2) is 0 Å². The van der Waals surface area contributed by atoms with Gasteiger partial charge in [-0.3, -0.25) is 14.5 Å². The molecule has 1 aromatic rings. The van der Waals surface area contributed by atoms with Crippen molar-refractivity contribution in [2.24, 2.45) is 5.92 Å². The van der Waals surface area contributed by atoms with Gasteiger partial charge in [0.05, 0.1) is 33.0 Å². The van der Waals surface area contributed by atoms with Crippen LogP contribution in [-0.2, 0) is 22.4 Å². The van der Waals surface area contributed by atoms with E-state index in [1.54, 1.807) is 4.57 Å². The molecule has 2 aliphatic heterocycles. The van der Waals surface area contributed by atoms with Gasteiger partial charge in [0.25, 0.3) is 11.5 Å². The number of fused-ring (bicyclic) bond motifs is 1. The Morgan fingerprint density at radius 2 is 1.90 bits per heavy atom. The SMILES string of the molecule is O=C(NCCCN1CCOCC1)c1c(OCC2CC2)cc(=O)n2c1CCOCC2. The Morgan fingerprint density at radius 1 is 1.14 bits per heavy atom. The average Bonchev–Trinajstić information content (AvgIpc) is 3.57. The normalized spacial score (nSPS) is 20.0. The molecule has 8 heteroatoms. The number of hydrogen-bond acceptors (Lipinski definition) is 6. The van der Waals surface area contributed by atoms with Crippen LogP contribution in [0, 0.1) is 5.92 Å². The van der Waals surface area contributed by atoms with E-state index < -0.39 is 0 Å². The molecule has 1 saturated carbocycles. The molecule has 3 aliphatic rings. The molecular weight excluding hydrogens is 374 g/mol. The smallest absolute Gasteiger partial charge is 0.256 e. The van der Waals surface area contributed by atoms with Crippen LogP contribution >= 0.6 is 0 Å². The van der Waals surface area contributed by atoms with Gasteiger partial charge in [0.15, 0.2) is 0 Å². The molecule has 160 valence electrons. The molecule has 29 heavy (non-hydrogen) atoms. The topological polar surface area (TPSA) is 82.0 Å². The molecule has 0 radical (unpaired) electrons. The van der Waals surface area contributed by atoms with E-state index in [0.29, 0.717) is 56.6 Å². The lowest BCUT2D eigenvalue weighted by Crippen LogP contribution is -2.38. The number of pyridine rings is 1. The van der Waals surface area contributed by atoms with Crippen molar-refractivity contribution in [3.63, 3.8) is 0 Å². The fourth-order valence-electron chi connectivity index (χ4n) is 3.87. The number of nitrogens with one attached hydrogen (secondary N) is 1. The average molecular weight is 405 g/mol. The van der Waals surface area contributed by atoms with Crippen molar-refractivity contribution in [2.45, 2.75) is 32.2 Å². The Labute approximate surface area is 171 Å². The third-order valence-corrected chi connectivity index (χ3v) is 5.76. The molecule has 1 amide bonds. The number of nitrogens with zero attached hydrogens (tertiary/aromatic N) is 2. The van der Waals surface area contributed by atoms with E-state index in [2.05, 4.69) is 10.2 Å². The quantitative estimate of drug-likeness (QED) is 0.640. The van der Waals surface area contributed by atoms with Gasteiger partial charge in [-0.1, -0.05) is 0 Å². The zero-order valence-electron chi connectivity index (χ0n) is 17.0. The van der Waals surface area contributed by atoms with Crippen LogP contribution in [0.25, 0.3) is 0 Å². The van der Waals surface area contributed by atoms with E-state index >= 15 is 0 Å². The fraction of sp³-hybridized carbons (Fsp3) is 0.714. The third-order valence-electron chi connectivity index (χ3n) is 5.76. The van der Waals surface area contributed by atoms with Gasteiger partial charge in [0, 0.05) is 44.4 Å². The number of aromatic nitrogens is 1. The molecule has 1 N–H and O–H groups in total. The second-order valence-electron chi connectivity index (χ2n) is 8.00. The highest BCUT2D eigenvalue weighted by molar-refractivity contribution is 5.98. The largest absolute Gasteiger partial charge is 0.492 e. The summed E-state index contributed by atoms with van der Waals surface area (Å²) in [6.07, 6.45) is 3.72. The van der Waals surface area contributed by atoms with Crippen LogP contribution in [0.3, 0.4) is 0 Å². The Bertz CT molecular complexity index is 768. The van der Waals surface area contributed by atoms with Crippen molar-refractivity contribution in [3.8, 4) is 5.75 Å². The van der Waals surface area contributed by atoms with E-state index in [0.717, 1.165) is 57.8 Å². The summed E-state index contributed by atoms with van der Waals surface area (Å²) in [6, 6.07) is 1.47. The maximum atomic E-state index is 13.1. The molecule has 0 aromatic carbocycles. The Morgan fingerprint density at radius 3 is 2.69 bits per heavy atom. The predicted octanol–water partition coefficient (Wildman–Crippen LogP) is 0.662. The highest BCUT2D eigenvalue weighted by Crippen LogP contribution is 2.31. The number of hydrogen-bond donors (Lipinski definition) is 1. The maximum absolute atomic E-state index is 13.1. The van der Waals surface area contributed by atoms with Gasteiger partial charge in [0.2, 0.25) is 0 Å². The van der Waals surface area contributed by atoms with Crippen molar-refractivity contribution in [1.29, 1.82) is 0 Å². The predicted molar refractivity (Wildman–Crippen MR) is 108 cm³/mol. The molecule has 2 fully saturated rings. The summed E-state index contributed by atoms with van der Waals surface area (Å²) in [7, 11) is 0. The van der Waals surface area contributed by atoms with Crippen molar-refractivity contribution in [2.75, 3.05) is 59.2 Å². The number of amides is 1. The minimum Gasteiger partial charge on any atom is -0.492 e. The zero-order valence-corrected chi connectivity index (χ0v) is 17.0. The molecule has 4 rings (SSSR count). The molecule has 1 aliphatic carbocycles. The van der Waals surface area contributed by atoms with Gasteiger partial charge in [-0.15, -0.1) is 0 Å². The summed E-state index contributed by atoms with van der Waals surface area (Å²) in [5.41, 5.74) is 1.11. The lowest BCUT2D eigenvalue weighted by atomic mass is 10.1. The fourth-order valence-corrected chi connectivity index (χ4v) is 3.87. The van der Waals surface area contributed by atoms with Crippen molar-refractivity contribution in [3.05, 3.63) is 27.7 Å². The second kappa shape index (κ2) is 9.73. The van der Waals surface area contributed by atoms with Crippen molar-refractivity contribution >= 4 is 5.91 Å². The third kappa shape index (κ3) is 5.38. The number of morpholine rings is 1. The van der Waals surface area contributed by atoms with Crippen LogP contribution in [0.5, 0.6) is 5.75 Å². The van der Waals surface area contributed by atoms with Gasteiger partial charge in [0.1, 0.15) is 11.3 Å². The molecule has 0 unspecified atom stereocenters. The Balaban J connectivity index is 1.45. The molecule has 0 bridgehead atoms. The summed E-state index contributed by atoms with van der Waals surface area (Å²) in [5, 5.41) is 3.04. The first-order valence-corrected chi connectivity index (χ1v) is 10.8. The van der Waals surface area contributed by atoms with Gasteiger partial charge in [-0.05, 0) is 31.7 Å². The molecule has 1 aromatic heterocycles. The van der Waals surface area contributed by atoms with E-state index in [4.69, 9.17) is 14.2 Å². The van der Waals surface area contributed by atoms with Gasteiger partial charge >= 0.3 is 0 Å². The summed E-state index contributed by atoms with van der Waals surface area (Å²) in [5.74, 6) is 0.800. The van der Waals surface area contributed by atoms with E-state index in [1.807, 2.05) is 0 Å². The minimum absolute atomic E-state index is 0.125. The Kier molecular flexibility index (Phi) is 6.84. The van der Waals surface area contributed by atoms with Gasteiger partial charge < -0.3 is 24.1 Å². The molecule has 1 saturated heterocycles. The number of rotatable bonds is 8. The van der Waals surface area contributed by atoms with Crippen LogP contribution in [0.4, 0.5) is 0 Å². The summed E-state index contributed by atoms with van der Waals surface area (Å²) >= 11 is 0. The molecule has 3 heterocycles. The van der Waals surface area contributed by atoms with Crippen LogP contribution in [-0.4, -0.2) is 74.6 Å². The molecular formula is C21H31N3O5. The minimum atomic E-state index is -0.163. The van der Waals surface area contributed by atoms with Crippen LogP contribution in [0.2, 0.25) is 0 Å². The van der Waals surface area contributed by atoms with E-state index in [1.165, 1.54) is 6.07 Å². The highest BCUT2D eigenvalue weighted by Gasteiger charge is 2.27. The lowest BCUT2D eigenvalue weighted by Gasteiger charge is -2.26. The zero-order chi connectivity index (χ0) is 20.1. The first-order valence-electron chi connectivity index (χ1n) is 10.8. The monoisotopic (exact) mass is 405 g/mol. The van der Waals surface area contributed by atoms with Crippen LogP contribution < -0.4 is 15.6 Å². The van der Waals surface area contributed by atoms with E-state index in [9.17, 15) is 9.59 Å². The maximum Gasteiger partial charge on any atom is 0.256 e. The molecule has 0 atom stereocenters. The summed E-state index contributed by atoms with van der Waals surface area (Å²) < 4.78 is 18.5. The van der Waals surface area contributed by atoms with Crippen LogP contribution in [0.1, 0.15) is 35.3 Å². The highest BCUT2D eigenvalue weighted by atomic mass is 16.5. The van der Waals surface area contributed by atoms with E-state index in [-0.39, 0.29) is 11.5 Å². The Hall–Kier alpha value is -1.90. The first-order chi connectivity index (χ1) is 14.2. The molecule has 0 spiro atoms. The summed E-state index contributed by atoms with van der Waals surface area (Å²) in [6.45, 7) is 7.00. The summed E-state index contributed by atoms with van der Waals surface area (Å²) in [4.78, 5) is 28.0. The first kappa shape index (κ1) is 20.4. The number of carbonyl (C=O) groups is 1. The van der Waals surface area contributed by atoms with Crippen molar-refractivity contribution < 1.29 is 19.0 Å². The standard InChI is InChI=1S/C21H31N3O5/c25-19-14-18(29-15-16-2-3-16)20(17-4-10-27-13-9-24(17)19)21(26)22-5-1-6-23-7-11-28-12-8-23/h14,16H,1-13,15H2,(H,22,26). The lowest BCUT2D eigenvalue weighted by molar-refractivity contribution is 0.0374. The number of carbonyl (C=O) groups excluding carboxylic acids is 1. The van der Waals surface area contributed by atoms with Crippen LogP contribution in [0.15, 0.2) is 10.9 Å².